The Morgan fingerprint density at radius 2 is 1.85 bits per heavy atom. The molecule has 0 unspecified atom stereocenters. The highest BCUT2D eigenvalue weighted by atomic mass is 35.5. The van der Waals surface area contributed by atoms with Gasteiger partial charge < -0.3 is 9.47 Å². The first-order valence-corrected chi connectivity index (χ1v) is 9.05. The lowest BCUT2D eigenvalue weighted by Gasteiger charge is -2.09. The molecule has 0 aliphatic rings. The van der Waals surface area contributed by atoms with E-state index in [1.807, 2.05) is 42.5 Å². The third-order valence-electron chi connectivity index (χ3n) is 3.98. The zero-order valence-corrected chi connectivity index (χ0v) is 15.7. The van der Waals surface area contributed by atoms with E-state index in [0.29, 0.717) is 11.4 Å². The summed E-state index contributed by atoms with van der Waals surface area (Å²) in [6, 6.07) is 13.3. The fraction of sp³-hybridized carbons (Fsp3) is 0.167. The van der Waals surface area contributed by atoms with Crippen molar-refractivity contribution in [2.45, 2.75) is 6.42 Å². The van der Waals surface area contributed by atoms with Gasteiger partial charge in [0.25, 0.3) is 0 Å². The van der Waals surface area contributed by atoms with E-state index in [9.17, 15) is 0 Å². The Bertz CT molecular complexity index is 1060. The van der Waals surface area contributed by atoms with Crippen LogP contribution in [0.1, 0.15) is 11.4 Å². The number of ether oxygens (including phenoxy) is 2. The summed E-state index contributed by atoms with van der Waals surface area (Å²) in [4.78, 5) is 0.742. The van der Waals surface area contributed by atoms with Crippen LogP contribution in [-0.2, 0) is 6.42 Å². The predicted octanol–water partition coefficient (Wildman–Crippen LogP) is 4.11. The Morgan fingerprint density at radius 3 is 2.58 bits per heavy atom. The number of fused-ring (bicyclic) bond motifs is 1. The summed E-state index contributed by atoms with van der Waals surface area (Å²) in [5, 5.41) is 14.7. The summed E-state index contributed by atoms with van der Waals surface area (Å²) < 4.78 is 12.5. The number of aromatic nitrogens is 4. The Kier molecular flexibility index (Phi) is 4.48. The van der Waals surface area contributed by atoms with Gasteiger partial charge in [0.05, 0.1) is 14.2 Å². The summed E-state index contributed by atoms with van der Waals surface area (Å²) >= 11 is 7.44. The fourth-order valence-corrected chi connectivity index (χ4v) is 3.66. The van der Waals surface area contributed by atoms with Crippen LogP contribution in [-0.4, -0.2) is 34.0 Å². The van der Waals surface area contributed by atoms with E-state index in [-0.39, 0.29) is 0 Å². The van der Waals surface area contributed by atoms with Crippen LogP contribution in [0.5, 0.6) is 11.5 Å². The zero-order valence-electron chi connectivity index (χ0n) is 14.1. The first-order valence-electron chi connectivity index (χ1n) is 7.86. The molecule has 0 N–H and O–H groups in total. The molecule has 0 amide bonds. The van der Waals surface area contributed by atoms with E-state index < -0.39 is 0 Å². The minimum Gasteiger partial charge on any atom is -0.497 e. The second-order valence-electron chi connectivity index (χ2n) is 5.58. The Morgan fingerprint density at radius 1 is 1.04 bits per heavy atom. The average Bonchev–Trinajstić information content (AvgIpc) is 3.24. The molecule has 2 heterocycles. The molecule has 2 aromatic heterocycles. The topological polar surface area (TPSA) is 61.5 Å². The van der Waals surface area contributed by atoms with Crippen LogP contribution >= 0.6 is 22.9 Å². The number of benzene rings is 2. The molecule has 0 atom stereocenters. The quantitative estimate of drug-likeness (QED) is 0.516. The molecule has 0 bridgehead atoms. The summed E-state index contributed by atoms with van der Waals surface area (Å²) in [5.74, 6) is 2.28. The highest BCUT2D eigenvalue weighted by Gasteiger charge is 2.15. The van der Waals surface area contributed by atoms with Crippen molar-refractivity contribution in [3.05, 3.63) is 58.9 Å². The summed E-state index contributed by atoms with van der Waals surface area (Å²) in [7, 11) is 3.28. The lowest BCUT2D eigenvalue weighted by molar-refractivity contribution is 0.399. The number of methoxy groups -OCH3 is 2. The van der Waals surface area contributed by atoms with Gasteiger partial charge in [0.2, 0.25) is 4.96 Å². The lowest BCUT2D eigenvalue weighted by Crippen LogP contribution is -2.00. The minimum atomic E-state index is 0.533. The molecule has 6 nitrogen and oxygen atoms in total. The number of halogens is 1. The minimum absolute atomic E-state index is 0.533. The van der Waals surface area contributed by atoms with Gasteiger partial charge in [-0.05, 0) is 30.3 Å². The van der Waals surface area contributed by atoms with Gasteiger partial charge in [-0.2, -0.15) is 9.61 Å². The molecule has 0 saturated carbocycles. The molecule has 4 aromatic rings. The van der Waals surface area contributed by atoms with E-state index in [1.165, 1.54) is 11.3 Å². The highest BCUT2D eigenvalue weighted by molar-refractivity contribution is 7.19. The first-order chi connectivity index (χ1) is 12.7. The molecule has 2 aromatic carbocycles. The Balaban J connectivity index is 1.71. The summed E-state index contributed by atoms with van der Waals surface area (Å²) in [6.45, 7) is 0. The van der Waals surface area contributed by atoms with Crippen LogP contribution in [0.25, 0.3) is 15.5 Å². The van der Waals surface area contributed by atoms with Crippen LogP contribution in [0.3, 0.4) is 0 Å². The number of hydrogen-bond acceptors (Lipinski definition) is 6. The molecule has 0 fully saturated rings. The number of rotatable bonds is 5. The zero-order chi connectivity index (χ0) is 18.1. The van der Waals surface area contributed by atoms with Crippen LogP contribution in [0.15, 0.2) is 42.5 Å². The average molecular weight is 387 g/mol. The third kappa shape index (κ3) is 3.11. The van der Waals surface area contributed by atoms with Crippen molar-refractivity contribution in [2.24, 2.45) is 0 Å². The predicted molar refractivity (Wildman–Crippen MR) is 101 cm³/mol. The maximum absolute atomic E-state index is 5.96. The van der Waals surface area contributed by atoms with Gasteiger partial charge in [-0.25, -0.2) is 0 Å². The van der Waals surface area contributed by atoms with Gasteiger partial charge in [-0.15, -0.1) is 10.2 Å². The lowest BCUT2D eigenvalue weighted by atomic mass is 10.1. The van der Waals surface area contributed by atoms with E-state index in [2.05, 4.69) is 15.3 Å². The molecule has 0 aliphatic carbocycles. The highest BCUT2D eigenvalue weighted by Crippen LogP contribution is 2.29. The Hall–Kier alpha value is -2.64. The van der Waals surface area contributed by atoms with Crippen molar-refractivity contribution in [3.8, 4) is 22.1 Å². The maximum atomic E-state index is 5.96. The van der Waals surface area contributed by atoms with Gasteiger partial charge in [0, 0.05) is 22.6 Å². The molecule has 0 spiro atoms. The van der Waals surface area contributed by atoms with Crippen molar-refractivity contribution < 1.29 is 9.47 Å². The van der Waals surface area contributed by atoms with Crippen molar-refractivity contribution in [2.75, 3.05) is 14.2 Å². The summed E-state index contributed by atoms with van der Waals surface area (Å²) in [6.07, 6.45) is 0.533. The van der Waals surface area contributed by atoms with Gasteiger partial charge in [0.15, 0.2) is 5.82 Å². The van der Waals surface area contributed by atoms with Crippen LogP contribution in [0.4, 0.5) is 0 Å². The molecule has 26 heavy (non-hydrogen) atoms. The standard InChI is InChI=1S/C18H15ClN4O2S/c1-24-14-7-8-15(25-2)12(9-14)10-16-20-21-18-23(16)22-17(26-18)11-3-5-13(19)6-4-11/h3-9H,10H2,1-2H3. The third-order valence-corrected chi connectivity index (χ3v) is 5.18. The van der Waals surface area contributed by atoms with Crippen LogP contribution < -0.4 is 9.47 Å². The van der Waals surface area contributed by atoms with Crippen molar-refractivity contribution in [1.82, 2.24) is 19.8 Å². The second-order valence-corrected chi connectivity index (χ2v) is 6.97. The fourth-order valence-electron chi connectivity index (χ4n) is 2.67. The molecule has 0 saturated heterocycles. The van der Waals surface area contributed by atoms with Crippen LogP contribution in [0, 0.1) is 0 Å². The van der Waals surface area contributed by atoms with Gasteiger partial charge >= 0.3 is 0 Å². The molecule has 0 radical (unpaired) electrons. The van der Waals surface area contributed by atoms with Crippen molar-refractivity contribution in [3.63, 3.8) is 0 Å². The van der Waals surface area contributed by atoms with Crippen LogP contribution in [0.2, 0.25) is 5.02 Å². The van der Waals surface area contributed by atoms with Gasteiger partial charge in [-0.3, -0.25) is 0 Å². The van der Waals surface area contributed by atoms with Crippen molar-refractivity contribution >= 4 is 27.9 Å². The molecular weight excluding hydrogens is 372 g/mol. The van der Waals surface area contributed by atoms with Gasteiger partial charge in [0.1, 0.15) is 16.5 Å². The largest absolute Gasteiger partial charge is 0.497 e. The monoisotopic (exact) mass is 386 g/mol. The Labute approximate surface area is 159 Å². The van der Waals surface area contributed by atoms with E-state index in [4.69, 9.17) is 21.1 Å². The SMILES string of the molecule is COc1ccc(OC)c(Cc2nnc3sc(-c4ccc(Cl)cc4)nn23)c1. The van der Waals surface area contributed by atoms with E-state index >= 15 is 0 Å². The second kappa shape index (κ2) is 6.93. The number of hydrogen-bond donors (Lipinski definition) is 0. The van der Waals surface area contributed by atoms with E-state index in [0.717, 1.165) is 38.4 Å². The van der Waals surface area contributed by atoms with Crippen molar-refractivity contribution in [1.29, 1.82) is 0 Å². The molecule has 8 heteroatoms. The van der Waals surface area contributed by atoms with Gasteiger partial charge in [-0.1, -0.05) is 35.1 Å². The summed E-state index contributed by atoms with van der Waals surface area (Å²) in [5.41, 5.74) is 1.96. The molecule has 0 aliphatic heterocycles. The first kappa shape index (κ1) is 16.8. The number of nitrogens with zero attached hydrogens (tertiary/aromatic N) is 4. The maximum Gasteiger partial charge on any atom is 0.234 e. The molecular formula is C18H15ClN4O2S. The normalized spacial score (nSPS) is 11.0. The van der Waals surface area contributed by atoms with E-state index in [1.54, 1.807) is 18.7 Å². The smallest absolute Gasteiger partial charge is 0.234 e. The molecule has 4 rings (SSSR count). The molecule has 132 valence electrons.